The Morgan fingerprint density at radius 3 is 2.65 bits per heavy atom. The predicted octanol–water partition coefficient (Wildman–Crippen LogP) is 2.81. The molecule has 90 valence electrons. The van der Waals surface area contributed by atoms with Crippen LogP contribution in [0.1, 0.15) is 5.56 Å². The van der Waals surface area contributed by atoms with Crippen LogP contribution in [0.15, 0.2) is 42.8 Å². The van der Waals surface area contributed by atoms with Crippen molar-refractivity contribution in [2.75, 3.05) is 0 Å². The second-order valence-corrected chi connectivity index (χ2v) is 3.52. The van der Waals surface area contributed by atoms with Gasteiger partial charge < -0.3 is 5.32 Å². The third-order valence-electron chi connectivity index (χ3n) is 2.29. The van der Waals surface area contributed by atoms with Gasteiger partial charge in [-0.2, -0.15) is 13.2 Å². The summed E-state index contributed by atoms with van der Waals surface area (Å²) in [6.07, 6.45) is 0.662. The van der Waals surface area contributed by atoms with Gasteiger partial charge in [0.15, 0.2) is 0 Å². The number of nitrogens with one attached hydrogen (secondary N) is 1. The second kappa shape index (κ2) is 3.87. The third kappa shape index (κ3) is 2.15. The average molecular weight is 244 g/mol. The smallest absolute Gasteiger partial charge is 0.342 e. The van der Waals surface area contributed by atoms with Crippen LogP contribution in [-0.2, 0) is 0 Å². The minimum Gasteiger partial charge on any atom is -0.342 e. The first-order valence-corrected chi connectivity index (χ1v) is 4.76. The predicted molar refractivity (Wildman–Crippen MR) is 54.4 cm³/mol. The zero-order valence-corrected chi connectivity index (χ0v) is 8.50. The van der Waals surface area contributed by atoms with E-state index in [-0.39, 0.29) is 5.70 Å². The minimum absolute atomic E-state index is 0.0421. The number of alkyl halides is 4. The van der Waals surface area contributed by atoms with Crippen LogP contribution in [0.4, 0.5) is 17.6 Å². The highest BCUT2D eigenvalue weighted by Crippen LogP contribution is 2.36. The maximum absolute atomic E-state index is 13.6. The summed E-state index contributed by atoms with van der Waals surface area (Å²) in [5, 5.41) is 1.83. The van der Waals surface area contributed by atoms with Crippen molar-refractivity contribution in [1.82, 2.24) is 10.3 Å². The van der Waals surface area contributed by atoms with Crippen LogP contribution < -0.4 is 5.32 Å². The van der Waals surface area contributed by atoms with E-state index in [4.69, 9.17) is 0 Å². The molecule has 2 heterocycles. The molecule has 0 saturated carbocycles. The van der Waals surface area contributed by atoms with Crippen molar-refractivity contribution in [2.45, 2.75) is 12.0 Å². The lowest BCUT2D eigenvalue weighted by molar-refractivity contribution is -0.218. The Hall–Kier alpha value is -1.85. The second-order valence-electron chi connectivity index (χ2n) is 3.52. The number of hydrogen-bond donors (Lipinski definition) is 1. The van der Waals surface area contributed by atoms with Crippen molar-refractivity contribution in [3.63, 3.8) is 0 Å². The van der Waals surface area contributed by atoms with E-state index in [0.717, 1.165) is 6.08 Å². The average Bonchev–Trinajstić information content (AvgIpc) is 2.29. The topological polar surface area (TPSA) is 24.9 Å². The quantitative estimate of drug-likeness (QED) is 0.607. The number of dihydropyridines is 1. The van der Waals surface area contributed by atoms with E-state index in [0.29, 0.717) is 11.6 Å². The summed E-state index contributed by atoms with van der Waals surface area (Å²) in [5.74, 6) is -3.53. The number of pyridine rings is 1. The SMILES string of the molecule is FC(F)(F)C1(F)C=CC=C(c2cccnc2)N1. The summed E-state index contributed by atoms with van der Waals surface area (Å²) in [6.45, 7) is 0. The van der Waals surface area contributed by atoms with Crippen LogP contribution in [0.5, 0.6) is 0 Å². The fraction of sp³-hybridized carbons (Fsp3) is 0.182. The Morgan fingerprint density at radius 1 is 1.29 bits per heavy atom. The van der Waals surface area contributed by atoms with E-state index >= 15 is 0 Å². The van der Waals surface area contributed by atoms with E-state index in [1.54, 1.807) is 12.1 Å². The summed E-state index contributed by atoms with van der Waals surface area (Å²) in [6, 6.07) is 3.10. The summed E-state index contributed by atoms with van der Waals surface area (Å²) < 4.78 is 51.1. The zero-order chi connectivity index (χ0) is 12.5. The zero-order valence-electron chi connectivity index (χ0n) is 8.50. The molecular formula is C11H8F4N2. The molecule has 1 aromatic heterocycles. The number of nitrogens with zero attached hydrogens (tertiary/aromatic N) is 1. The standard InChI is InChI=1S/C11H8F4N2/c12-10(11(13,14)15)5-1-4-9(17-10)8-3-2-6-16-7-8/h1-7,17H. The molecule has 1 atom stereocenters. The van der Waals surface area contributed by atoms with Gasteiger partial charge in [-0.3, -0.25) is 4.98 Å². The van der Waals surface area contributed by atoms with E-state index in [1.807, 2.05) is 5.32 Å². The molecule has 1 aliphatic rings. The molecule has 0 bridgehead atoms. The van der Waals surface area contributed by atoms with Crippen molar-refractivity contribution >= 4 is 5.70 Å². The molecular weight excluding hydrogens is 236 g/mol. The maximum Gasteiger partial charge on any atom is 0.445 e. The van der Waals surface area contributed by atoms with E-state index in [9.17, 15) is 17.6 Å². The van der Waals surface area contributed by atoms with Crippen LogP contribution >= 0.6 is 0 Å². The summed E-state index contributed by atoms with van der Waals surface area (Å²) >= 11 is 0. The summed E-state index contributed by atoms with van der Waals surface area (Å²) in [5.41, 5.74) is 0.434. The largest absolute Gasteiger partial charge is 0.445 e. The number of aromatic nitrogens is 1. The monoisotopic (exact) mass is 244 g/mol. The lowest BCUT2D eigenvalue weighted by Crippen LogP contribution is -2.51. The Balaban J connectivity index is 2.31. The molecule has 1 unspecified atom stereocenters. The molecule has 0 spiro atoms. The van der Waals surface area contributed by atoms with Gasteiger partial charge in [-0.25, -0.2) is 4.39 Å². The normalized spacial score (nSPS) is 24.1. The lowest BCUT2D eigenvalue weighted by Gasteiger charge is -2.30. The molecule has 17 heavy (non-hydrogen) atoms. The van der Waals surface area contributed by atoms with E-state index < -0.39 is 12.0 Å². The minimum atomic E-state index is -5.01. The van der Waals surface area contributed by atoms with E-state index in [2.05, 4.69) is 4.98 Å². The molecule has 0 fully saturated rings. The Kier molecular flexibility index (Phi) is 2.65. The fourth-order valence-electron chi connectivity index (χ4n) is 1.41. The Morgan fingerprint density at radius 2 is 2.06 bits per heavy atom. The first-order chi connectivity index (χ1) is 7.92. The highest BCUT2D eigenvalue weighted by atomic mass is 19.4. The van der Waals surface area contributed by atoms with Crippen LogP contribution in [0.3, 0.4) is 0 Å². The van der Waals surface area contributed by atoms with Crippen molar-refractivity contribution in [2.24, 2.45) is 0 Å². The highest BCUT2D eigenvalue weighted by Gasteiger charge is 2.55. The number of hydrogen-bond acceptors (Lipinski definition) is 2. The van der Waals surface area contributed by atoms with Crippen molar-refractivity contribution < 1.29 is 17.6 Å². The molecule has 0 amide bonds. The highest BCUT2D eigenvalue weighted by molar-refractivity contribution is 5.67. The van der Waals surface area contributed by atoms with Gasteiger partial charge in [-0.1, -0.05) is 6.08 Å². The van der Waals surface area contributed by atoms with Crippen molar-refractivity contribution in [1.29, 1.82) is 0 Å². The Labute approximate surface area is 94.7 Å². The molecule has 6 heteroatoms. The lowest BCUT2D eigenvalue weighted by atomic mass is 10.1. The van der Waals surface area contributed by atoms with Crippen molar-refractivity contribution in [3.8, 4) is 0 Å². The molecule has 0 aromatic carbocycles. The van der Waals surface area contributed by atoms with Gasteiger partial charge in [0, 0.05) is 23.7 Å². The maximum atomic E-state index is 13.6. The molecule has 2 rings (SSSR count). The van der Waals surface area contributed by atoms with Gasteiger partial charge in [-0.05, 0) is 24.3 Å². The van der Waals surface area contributed by atoms with Gasteiger partial charge in [0.25, 0.3) is 5.79 Å². The number of allylic oxidation sites excluding steroid dienone is 2. The van der Waals surface area contributed by atoms with Gasteiger partial charge in [0.2, 0.25) is 0 Å². The Bertz CT molecular complexity index is 464. The van der Waals surface area contributed by atoms with Crippen LogP contribution in [0.25, 0.3) is 5.70 Å². The van der Waals surface area contributed by atoms with Gasteiger partial charge in [0.05, 0.1) is 0 Å². The fourth-order valence-corrected chi connectivity index (χ4v) is 1.41. The molecule has 0 radical (unpaired) electrons. The van der Waals surface area contributed by atoms with Crippen LogP contribution in [0.2, 0.25) is 0 Å². The van der Waals surface area contributed by atoms with Crippen molar-refractivity contribution in [3.05, 3.63) is 48.3 Å². The van der Waals surface area contributed by atoms with E-state index in [1.165, 1.54) is 18.5 Å². The molecule has 0 saturated heterocycles. The number of halogens is 4. The molecule has 1 aromatic rings. The third-order valence-corrected chi connectivity index (χ3v) is 2.29. The molecule has 2 nitrogen and oxygen atoms in total. The van der Waals surface area contributed by atoms with Gasteiger partial charge in [-0.15, -0.1) is 0 Å². The van der Waals surface area contributed by atoms with Crippen LogP contribution in [-0.4, -0.2) is 17.0 Å². The molecule has 0 aliphatic carbocycles. The van der Waals surface area contributed by atoms with Gasteiger partial charge in [0.1, 0.15) is 0 Å². The first-order valence-electron chi connectivity index (χ1n) is 4.76. The molecule has 1 aliphatic heterocycles. The van der Waals surface area contributed by atoms with Gasteiger partial charge >= 0.3 is 6.18 Å². The summed E-state index contributed by atoms with van der Waals surface area (Å²) in [4.78, 5) is 3.76. The number of rotatable bonds is 1. The first kappa shape index (κ1) is 11.6. The van der Waals surface area contributed by atoms with Crippen LogP contribution in [0, 0.1) is 0 Å². The molecule has 1 N–H and O–H groups in total. The summed E-state index contributed by atoms with van der Waals surface area (Å²) in [7, 11) is 0.